The molecule has 0 aliphatic carbocycles. The fourth-order valence-electron chi connectivity index (χ4n) is 4.35. The third-order valence-electron chi connectivity index (χ3n) is 5.97. The van der Waals surface area contributed by atoms with Crippen LogP contribution in [-0.4, -0.2) is 33.0 Å². The lowest BCUT2D eigenvalue weighted by atomic mass is 9.80. The zero-order valence-electron chi connectivity index (χ0n) is 19.8. The van der Waals surface area contributed by atoms with Gasteiger partial charge in [0.15, 0.2) is 11.5 Å². The molecule has 0 bridgehead atoms. The van der Waals surface area contributed by atoms with Gasteiger partial charge in [-0.25, -0.2) is 9.18 Å². The topological polar surface area (TPSA) is 48.0 Å². The molecule has 2 unspecified atom stereocenters. The van der Waals surface area contributed by atoms with E-state index in [1.165, 1.54) is 31.3 Å². The Morgan fingerprint density at radius 3 is 1.97 bits per heavy atom. The number of carbonyl (C=O) groups excluding carboxylic acids is 1. The first-order valence-corrected chi connectivity index (χ1v) is 10.9. The predicted molar refractivity (Wildman–Crippen MR) is 116 cm³/mol. The molecule has 198 valence electrons. The predicted octanol–water partition coefficient (Wildman–Crippen LogP) is 7.29. The van der Waals surface area contributed by atoms with Crippen LogP contribution in [0.5, 0.6) is 11.5 Å². The van der Waals surface area contributed by atoms with Gasteiger partial charge in [-0.05, 0) is 55.7 Å². The van der Waals surface area contributed by atoms with Crippen molar-refractivity contribution in [3.63, 3.8) is 0 Å². The van der Waals surface area contributed by atoms with Gasteiger partial charge in [0.25, 0.3) is 0 Å². The number of alkyl halides is 7. The van der Waals surface area contributed by atoms with E-state index in [9.17, 15) is 31.1 Å². The van der Waals surface area contributed by atoms with Crippen molar-refractivity contribution in [3.05, 3.63) is 52.6 Å². The van der Waals surface area contributed by atoms with Crippen LogP contribution in [0.25, 0.3) is 0 Å². The van der Waals surface area contributed by atoms with E-state index in [4.69, 9.17) is 14.2 Å². The third kappa shape index (κ3) is 5.31. The highest BCUT2D eigenvalue weighted by Crippen LogP contribution is 2.51. The molecule has 5 nitrogen and oxygen atoms in total. The highest BCUT2D eigenvalue weighted by Gasteiger charge is 2.42. The largest absolute Gasteiger partial charge is 0.493 e. The Morgan fingerprint density at radius 2 is 1.50 bits per heavy atom. The Hall–Kier alpha value is -3.18. The molecule has 3 atom stereocenters. The van der Waals surface area contributed by atoms with Crippen LogP contribution in [0, 0.1) is 0 Å². The van der Waals surface area contributed by atoms with Gasteiger partial charge >= 0.3 is 18.4 Å². The van der Waals surface area contributed by atoms with Gasteiger partial charge in [-0.15, -0.1) is 0 Å². The fourth-order valence-corrected chi connectivity index (χ4v) is 4.35. The minimum atomic E-state index is -5.12. The zero-order valence-corrected chi connectivity index (χ0v) is 19.8. The second-order valence-electron chi connectivity index (χ2n) is 8.27. The Morgan fingerprint density at radius 1 is 0.972 bits per heavy atom. The number of ether oxygens (including phenoxy) is 3. The molecule has 0 saturated carbocycles. The molecular weight excluding hydrogens is 499 g/mol. The second-order valence-corrected chi connectivity index (χ2v) is 8.27. The van der Waals surface area contributed by atoms with Crippen LogP contribution in [0.3, 0.4) is 0 Å². The van der Waals surface area contributed by atoms with Crippen molar-refractivity contribution in [3.8, 4) is 11.5 Å². The number of amides is 1. The van der Waals surface area contributed by atoms with Gasteiger partial charge in [-0.3, -0.25) is 4.90 Å². The molecule has 1 aliphatic rings. The molecule has 1 heterocycles. The smallest absolute Gasteiger partial charge is 0.416 e. The molecular formula is C24H24F7NO4. The maximum atomic E-state index is 16.0. The SMILES string of the molecule is CCOC(=O)N1c2cc(OC)c(OC)cc2C(C(F)c2cc(C(F)(F)F)cc(C(F)(F)F)c2)C[C@H]1C. The summed E-state index contributed by atoms with van der Waals surface area (Å²) in [5, 5.41) is 0. The molecule has 12 heteroatoms. The molecule has 0 fully saturated rings. The molecule has 2 aromatic carbocycles. The van der Waals surface area contributed by atoms with E-state index in [2.05, 4.69) is 0 Å². The number of nitrogens with zero attached hydrogens (tertiary/aromatic N) is 1. The number of halogens is 7. The summed E-state index contributed by atoms with van der Waals surface area (Å²) in [4.78, 5) is 13.9. The Balaban J connectivity index is 2.20. The number of benzene rings is 2. The molecule has 1 amide bonds. The highest BCUT2D eigenvalue weighted by molar-refractivity contribution is 5.91. The lowest BCUT2D eigenvalue weighted by Crippen LogP contribution is -2.44. The molecule has 0 saturated heterocycles. The molecule has 3 rings (SSSR count). The van der Waals surface area contributed by atoms with E-state index in [0.29, 0.717) is 12.1 Å². The number of methoxy groups -OCH3 is 2. The zero-order chi connectivity index (χ0) is 27.0. The molecule has 1 aliphatic heterocycles. The first-order valence-electron chi connectivity index (χ1n) is 10.9. The quantitative estimate of drug-likeness (QED) is 0.386. The van der Waals surface area contributed by atoms with Gasteiger partial charge < -0.3 is 14.2 Å². The van der Waals surface area contributed by atoms with E-state index in [1.807, 2.05) is 0 Å². The summed E-state index contributed by atoms with van der Waals surface area (Å²) in [7, 11) is 2.64. The Bertz CT molecular complexity index is 1080. The lowest BCUT2D eigenvalue weighted by Gasteiger charge is -2.40. The Labute approximate surface area is 202 Å². The molecule has 0 radical (unpaired) electrons. The minimum Gasteiger partial charge on any atom is -0.493 e. The average Bonchev–Trinajstić information content (AvgIpc) is 2.80. The number of hydrogen-bond acceptors (Lipinski definition) is 4. The normalized spacial score (nSPS) is 18.9. The van der Waals surface area contributed by atoms with Crippen LogP contribution in [0.1, 0.15) is 54.6 Å². The maximum Gasteiger partial charge on any atom is 0.416 e. The van der Waals surface area contributed by atoms with Crippen molar-refractivity contribution in [2.45, 2.75) is 50.8 Å². The number of anilines is 1. The summed E-state index contributed by atoms with van der Waals surface area (Å²) >= 11 is 0. The van der Waals surface area contributed by atoms with Crippen LogP contribution in [0.4, 0.5) is 41.2 Å². The van der Waals surface area contributed by atoms with Crippen molar-refractivity contribution in [1.29, 1.82) is 0 Å². The standard InChI is InChI=1S/C24H24F7NO4/c1-5-36-22(33)32-12(2)6-17(16-10-19(34-3)20(35-4)11-18(16)32)21(25)13-7-14(23(26,27)28)9-15(8-13)24(29,30)31/h7-12,17,21H,5-6H2,1-4H3/t12-,17?,21?/m1/s1. The third-order valence-corrected chi connectivity index (χ3v) is 5.97. The summed E-state index contributed by atoms with van der Waals surface area (Å²) in [6.07, 6.45) is -13.4. The second kappa shape index (κ2) is 10.1. The van der Waals surface area contributed by atoms with E-state index in [-0.39, 0.29) is 41.8 Å². The van der Waals surface area contributed by atoms with E-state index in [1.54, 1.807) is 13.8 Å². The molecule has 0 N–H and O–H groups in total. The lowest BCUT2D eigenvalue weighted by molar-refractivity contribution is -0.143. The first kappa shape index (κ1) is 27.4. The Kier molecular flexibility index (Phi) is 7.66. The van der Waals surface area contributed by atoms with Crippen LogP contribution in [0.2, 0.25) is 0 Å². The van der Waals surface area contributed by atoms with Crippen molar-refractivity contribution in [1.82, 2.24) is 0 Å². The van der Waals surface area contributed by atoms with Gasteiger partial charge in [0, 0.05) is 18.0 Å². The van der Waals surface area contributed by atoms with Crippen LogP contribution in [-0.2, 0) is 17.1 Å². The van der Waals surface area contributed by atoms with E-state index >= 15 is 4.39 Å². The van der Waals surface area contributed by atoms with Gasteiger partial charge in [-0.1, -0.05) is 0 Å². The van der Waals surface area contributed by atoms with Crippen molar-refractivity contribution < 1.29 is 49.7 Å². The van der Waals surface area contributed by atoms with Crippen LogP contribution < -0.4 is 14.4 Å². The van der Waals surface area contributed by atoms with Crippen molar-refractivity contribution >= 4 is 11.8 Å². The summed E-state index contributed by atoms with van der Waals surface area (Å²) in [5.74, 6) is -0.871. The molecule has 0 aromatic heterocycles. The maximum absolute atomic E-state index is 16.0. The monoisotopic (exact) mass is 523 g/mol. The number of rotatable bonds is 5. The summed E-state index contributed by atoms with van der Waals surface area (Å²) in [6, 6.07) is 2.76. The van der Waals surface area contributed by atoms with Gasteiger partial charge in [0.05, 0.1) is 37.6 Å². The first-order chi connectivity index (χ1) is 16.7. The van der Waals surface area contributed by atoms with Crippen LogP contribution in [0.15, 0.2) is 30.3 Å². The van der Waals surface area contributed by atoms with E-state index in [0.717, 1.165) is 0 Å². The minimum absolute atomic E-state index is 0.0459. The van der Waals surface area contributed by atoms with Crippen LogP contribution >= 0.6 is 0 Å². The summed E-state index contributed by atoms with van der Waals surface area (Å²) in [5.41, 5.74) is -3.70. The van der Waals surface area contributed by atoms with E-state index < -0.39 is 53.3 Å². The van der Waals surface area contributed by atoms with Gasteiger partial charge in [0.2, 0.25) is 0 Å². The summed E-state index contributed by atoms with van der Waals surface area (Å²) < 4.78 is 112. The molecule has 2 aromatic rings. The van der Waals surface area contributed by atoms with Gasteiger partial charge in [-0.2, -0.15) is 26.3 Å². The van der Waals surface area contributed by atoms with Gasteiger partial charge in [0.1, 0.15) is 6.17 Å². The number of carbonyl (C=O) groups is 1. The fraction of sp³-hybridized carbons (Fsp3) is 0.458. The average molecular weight is 523 g/mol. The van der Waals surface area contributed by atoms with Crippen molar-refractivity contribution in [2.75, 3.05) is 25.7 Å². The molecule has 0 spiro atoms. The highest BCUT2D eigenvalue weighted by atomic mass is 19.4. The number of hydrogen-bond donors (Lipinski definition) is 0. The van der Waals surface area contributed by atoms with Crippen molar-refractivity contribution in [2.24, 2.45) is 0 Å². The number of fused-ring (bicyclic) bond motifs is 1. The summed E-state index contributed by atoms with van der Waals surface area (Å²) in [6.45, 7) is 3.21. The molecule has 36 heavy (non-hydrogen) atoms.